The molecule has 37 heavy (non-hydrogen) atoms. The van der Waals surface area contributed by atoms with Crippen molar-refractivity contribution in [3.05, 3.63) is 102 Å². The Morgan fingerprint density at radius 1 is 0.946 bits per heavy atom. The van der Waals surface area contributed by atoms with E-state index in [0.29, 0.717) is 34.0 Å². The number of imidazole rings is 1. The predicted octanol–water partition coefficient (Wildman–Crippen LogP) is 5.58. The summed E-state index contributed by atoms with van der Waals surface area (Å²) >= 11 is 0. The maximum atomic E-state index is 13.6. The molecule has 0 bridgehead atoms. The van der Waals surface area contributed by atoms with E-state index in [2.05, 4.69) is 31.3 Å². The van der Waals surface area contributed by atoms with Crippen molar-refractivity contribution in [3.63, 3.8) is 0 Å². The van der Waals surface area contributed by atoms with Crippen molar-refractivity contribution in [2.75, 3.05) is 0 Å². The van der Waals surface area contributed by atoms with Gasteiger partial charge in [0.15, 0.2) is 0 Å². The van der Waals surface area contributed by atoms with Gasteiger partial charge in [0.25, 0.3) is 0 Å². The minimum Gasteiger partial charge on any atom is -0.457 e. The lowest BCUT2D eigenvalue weighted by molar-refractivity contribution is 0.103. The summed E-state index contributed by atoms with van der Waals surface area (Å²) in [5, 5.41) is 21.6. The Morgan fingerprint density at radius 3 is 2.70 bits per heavy atom. The van der Waals surface area contributed by atoms with E-state index in [-0.39, 0.29) is 5.78 Å². The van der Waals surface area contributed by atoms with Gasteiger partial charge in [0.2, 0.25) is 5.78 Å². The maximum Gasteiger partial charge on any atom is 0.214 e. The molecule has 4 heterocycles. The molecule has 9 nitrogen and oxygen atoms in total. The van der Waals surface area contributed by atoms with Crippen LogP contribution in [-0.2, 0) is 0 Å². The predicted molar refractivity (Wildman–Crippen MR) is 138 cm³/mol. The average molecular weight is 483 g/mol. The van der Waals surface area contributed by atoms with Crippen molar-refractivity contribution < 1.29 is 9.53 Å². The van der Waals surface area contributed by atoms with Crippen LogP contribution in [0.25, 0.3) is 38.8 Å². The highest BCUT2D eigenvalue weighted by Crippen LogP contribution is 2.30. The number of carbonyl (C=O) groups is 1. The lowest BCUT2D eigenvalue weighted by Crippen LogP contribution is -2.01. The van der Waals surface area contributed by atoms with Crippen molar-refractivity contribution in [1.82, 2.24) is 29.8 Å². The number of H-pyrrole nitrogens is 3. The van der Waals surface area contributed by atoms with Crippen LogP contribution in [0.2, 0.25) is 0 Å². The number of nitriles is 1. The second-order valence-corrected chi connectivity index (χ2v) is 8.60. The van der Waals surface area contributed by atoms with Gasteiger partial charge in [-0.3, -0.25) is 9.89 Å². The molecule has 176 valence electrons. The molecule has 4 aromatic heterocycles. The van der Waals surface area contributed by atoms with E-state index in [1.807, 2.05) is 48.5 Å². The molecule has 9 heteroatoms. The smallest absolute Gasteiger partial charge is 0.214 e. The van der Waals surface area contributed by atoms with Crippen molar-refractivity contribution in [3.8, 4) is 28.8 Å². The van der Waals surface area contributed by atoms with Crippen LogP contribution in [0, 0.1) is 11.3 Å². The number of nitrogens with one attached hydrogen (secondary N) is 3. The van der Waals surface area contributed by atoms with Crippen LogP contribution in [0.3, 0.4) is 0 Å². The molecular weight excluding hydrogens is 466 g/mol. The van der Waals surface area contributed by atoms with Crippen LogP contribution in [0.5, 0.6) is 11.5 Å². The van der Waals surface area contributed by atoms with Gasteiger partial charge in [0.05, 0.1) is 45.8 Å². The molecule has 0 aliphatic carbocycles. The highest BCUT2D eigenvalue weighted by Gasteiger charge is 2.21. The summed E-state index contributed by atoms with van der Waals surface area (Å²) in [5.41, 5.74) is 6.21. The van der Waals surface area contributed by atoms with Crippen molar-refractivity contribution in [2.24, 2.45) is 0 Å². The zero-order valence-electron chi connectivity index (χ0n) is 19.2. The van der Waals surface area contributed by atoms with Crippen LogP contribution < -0.4 is 4.74 Å². The summed E-state index contributed by atoms with van der Waals surface area (Å²) in [6.07, 6.45) is 3.35. The molecule has 0 radical (unpaired) electrons. The molecule has 0 fully saturated rings. The zero-order valence-corrected chi connectivity index (χ0v) is 19.2. The van der Waals surface area contributed by atoms with E-state index < -0.39 is 0 Å². The number of benzene rings is 3. The monoisotopic (exact) mass is 483 g/mol. The molecular formula is C28H17N7O2. The average Bonchev–Trinajstić information content (AvgIpc) is 3.71. The summed E-state index contributed by atoms with van der Waals surface area (Å²) in [6, 6.07) is 24.2. The third-order valence-corrected chi connectivity index (χ3v) is 6.35. The van der Waals surface area contributed by atoms with Crippen molar-refractivity contribution in [2.45, 2.75) is 0 Å². The Labute approximate surface area is 208 Å². The van der Waals surface area contributed by atoms with E-state index in [1.54, 1.807) is 41.2 Å². The molecule has 3 aromatic carbocycles. The topological polar surface area (TPSA) is 128 Å². The molecule has 0 saturated heterocycles. The number of ether oxygens (including phenoxy) is 1. The number of ketones is 1. The molecule has 3 N–H and O–H groups in total. The van der Waals surface area contributed by atoms with Crippen LogP contribution in [0.4, 0.5) is 0 Å². The van der Waals surface area contributed by atoms with E-state index in [1.165, 1.54) is 0 Å². The van der Waals surface area contributed by atoms with Gasteiger partial charge in [0, 0.05) is 28.7 Å². The fourth-order valence-electron chi connectivity index (χ4n) is 4.63. The van der Waals surface area contributed by atoms with Crippen LogP contribution >= 0.6 is 0 Å². The first kappa shape index (κ1) is 20.7. The van der Waals surface area contributed by atoms with Gasteiger partial charge in [-0.25, -0.2) is 4.52 Å². The number of nitrogens with zero attached hydrogens (tertiary/aromatic N) is 4. The van der Waals surface area contributed by atoms with E-state index in [9.17, 15) is 4.79 Å². The summed E-state index contributed by atoms with van der Waals surface area (Å²) in [6.45, 7) is 0. The van der Waals surface area contributed by atoms with Crippen molar-refractivity contribution >= 4 is 33.4 Å². The van der Waals surface area contributed by atoms with Gasteiger partial charge in [-0.1, -0.05) is 18.2 Å². The summed E-state index contributed by atoms with van der Waals surface area (Å²) < 4.78 is 7.65. The molecule has 0 aliphatic heterocycles. The van der Waals surface area contributed by atoms with Gasteiger partial charge in [0.1, 0.15) is 17.1 Å². The molecule has 7 aromatic rings. The normalized spacial score (nSPS) is 11.3. The Morgan fingerprint density at radius 2 is 1.84 bits per heavy atom. The number of rotatable bonds is 5. The van der Waals surface area contributed by atoms with Crippen molar-refractivity contribution in [1.29, 1.82) is 5.26 Å². The summed E-state index contributed by atoms with van der Waals surface area (Å²) in [4.78, 5) is 20.1. The molecule has 0 saturated carbocycles. The Hall–Kier alpha value is -5.62. The van der Waals surface area contributed by atoms with E-state index in [0.717, 1.165) is 33.2 Å². The first-order valence-electron chi connectivity index (χ1n) is 11.5. The summed E-state index contributed by atoms with van der Waals surface area (Å²) in [7, 11) is 0. The largest absolute Gasteiger partial charge is 0.457 e. The number of fused-ring (bicyclic) bond motifs is 4. The molecule has 0 spiro atoms. The third kappa shape index (κ3) is 3.36. The zero-order chi connectivity index (χ0) is 24.9. The quantitative estimate of drug-likeness (QED) is 0.275. The Balaban J connectivity index is 1.26. The molecule has 0 amide bonds. The number of hydrogen-bond donors (Lipinski definition) is 3. The van der Waals surface area contributed by atoms with Gasteiger partial charge in [-0.2, -0.15) is 15.5 Å². The highest BCUT2D eigenvalue weighted by atomic mass is 16.5. The number of carbonyl (C=O) groups excluding carboxylic acids is 1. The highest BCUT2D eigenvalue weighted by molar-refractivity contribution is 6.14. The second kappa shape index (κ2) is 7.96. The lowest BCUT2D eigenvalue weighted by Gasteiger charge is -2.05. The first-order valence-corrected chi connectivity index (χ1v) is 11.5. The minimum atomic E-state index is -0.171. The fourth-order valence-corrected chi connectivity index (χ4v) is 4.63. The van der Waals surface area contributed by atoms with Gasteiger partial charge < -0.3 is 14.7 Å². The van der Waals surface area contributed by atoms with Crippen LogP contribution in [-0.4, -0.2) is 35.6 Å². The first-order chi connectivity index (χ1) is 18.2. The molecule has 0 atom stereocenters. The lowest BCUT2D eigenvalue weighted by atomic mass is 10.1. The molecule has 0 unspecified atom stereocenters. The van der Waals surface area contributed by atoms with Crippen LogP contribution in [0.15, 0.2) is 85.2 Å². The number of aromatic nitrogens is 6. The Bertz CT molecular complexity index is 2000. The molecule has 7 rings (SSSR count). The third-order valence-electron chi connectivity index (χ3n) is 6.35. The standard InChI is InChI=1S/C28H17N7O2/c29-14-16-3-1-4-17(11-16)37-18-7-8-26-24(12-18)33-28-21(15-31-35(26)28)27(36)25-13-20-19(23-9-10-30-34-23)5-2-6-22(20)32-25/h1-13,15,32-33H,(H,30,34). The van der Waals surface area contributed by atoms with Crippen LogP contribution in [0.1, 0.15) is 21.6 Å². The van der Waals surface area contributed by atoms with Gasteiger partial charge >= 0.3 is 0 Å². The minimum absolute atomic E-state index is 0.171. The SMILES string of the molecule is N#Cc1cccc(Oc2ccc3c(c2)[nH]c2c(C(=O)c4cc5c(-c6cc[nH]n6)cccc5[nH]4)cnn23)c1. The molecule has 0 aliphatic rings. The fraction of sp³-hybridized carbons (Fsp3) is 0. The maximum absolute atomic E-state index is 13.6. The second-order valence-electron chi connectivity index (χ2n) is 8.60. The van der Waals surface area contributed by atoms with Gasteiger partial charge in [-0.05, 0) is 48.5 Å². The van der Waals surface area contributed by atoms with E-state index in [4.69, 9.17) is 10.00 Å². The number of aromatic amines is 3. The Kier molecular flexibility index (Phi) is 4.46. The van der Waals surface area contributed by atoms with Gasteiger partial charge in [-0.15, -0.1) is 0 Å². The number of hydrogen-bond acceptors (Lipinski definition) is 5. The van der Waals surface area contributed by atoms with E-state index >= 15 is 0 Å². The summed E-state index contributed by atoms with van der Waals surface area (Å²) in [5.74, 6) is 0.996.